The number of primary amides is 1. The van der Waals surface area contributed by atoms with E-state index in [4.69, 9.17) is 10.5 Å². The van der Waals surface area contributed by atoms with Crippen LogP contribution in [0.15, 0.2) is 40.2 Å². The summed E-state index contributed by atoms with van der Waals surface area (Å²) >= 11 is 4.97. The molecule has 1 amide bonds. The fraction of sp³-hybridized carbons (Fsp3) is 0.0833. The molecule has 1 aromatic carbocycles. The molecule has 17 heavy (non-hydrogen) atoms. The van der Waals surface area contributed by atoms with Crippen molar-refractivity contribution in [1.82, 2.24) is 0 Å². The second-order valence-electron chi connectivity index (χ2n) is 3.38. The molecule has 1 heterocycles. The molecule has 0 radical (unpaired) electrons. The molecule has 2 N–H and O–H groups in total. The number of thiophene rings is 1. The molecule has 2 rings (SSSR count). The van der Waals surface area contributed by atoms with E-state index >= 15 is 0 Å². The van der Waals surface area contributed by atoms with Gasteiger partial charge in [-0.15, -0.1) is 11.3 Å². The summed E-state index contributed by atoms with van der Waals surface area (Å²) in [5.41, 5.74) is 5.67. The minimum absolute atomic E-state index is 0.406. The molecule has 0 saturated heterocycles. The monoisotopic (exact) mass is 311 g/mol. The fourth-order valence-electron chi connectivity index (χ4n) is 1.37. The van der Waals surface area contributed by atoms with Crippen molar-refractivity contribution in [2.45, 2.75) is 6.61 Å². The van der Waals surface area contributed by atoms with E-state index in [0.29, 0.717) is 17.9 Å². The molecule has 0 bridgehead atoms. The Bertz CT molecular complexity index is 539. The molecule has 0 fully saturated rings. The van der Waals surface area contributed by atoms with Gasteiger partial charge in [0.15, 0.2) is 0 Å². The van der Waals surface area contributed by atoms with Gasteiger partial charge < -0.3 is 10.5 Å². The van der Waals surface area contributed by atoms with Crippen LogP contribution in [0, 0.1) is 0 Å². The van der Waals surface area contributed by atoms with Crippen LogP contribution >= 0.6 is 27.3 Å². The second kappa shape index (κ2) is 5.33. The van der Waals surface area contributed by atoms with Gasteiger partial charge in [0, 0.05) is 14.7 Å². The molecule has 0 saturated carbocycles. The third-order valence-electron chi connectivity index (χ3n) is 2.14. The Morgan fingerprint density at radius 2 is 2.18 bits per heavy atom. The molecule has 1 aromatic heterocycles. The van der Waals surface area contributed by atoms with E-state index in [2.05, 4.69) is 15.9 Å². The predicted molar refractivity (Wildman–Crippen MR) is 71.3 cm³/mol. The summed E-state index contributed by atoms with van der Waals surface area (Å²) in [7, 11) is 0. The molecule has 3 nitrogen and oxygen atoms in total. The van der Waals surface area contributed by atoms with E-state index in [1.54, 1.807) is 29.5 Å². The zero-order valence-electron chi connectivity index (χ0n) is 8.85. The highest BCUT2D eigenvalue weighted by atomic mass is 79.9. The number of ether oxygens (including phenoxy) is 1. The van der Waals surface area contributed by atoms with Crippen LogP contribution in [0.2, 0.25) is 0 Å². The highest BCUT2D eigenvalue weighted by Crippen LogP contribution is 2.23. The average molecular weight is 312 g/mol. The van der Waals surface area contributed by atoms with Gasteiger partial charge in [0.2, 0.25) is 0 Å². The van der Waals surface area contributed by atoms with E-state index in [-0.39, 0.29) is 0 Å². The second-order valence-corrected chi connectivity index (χ2v) is 5.29. The number of rotatable bonds is 4. The van der Waals surface area contributed by atoms with Gasteiger partial charge in [-0.2, -0.15) is 0 Å². The SMILES string of the molecule is NC(=O)c1ccccc1OCc1cc(Br)cs1. The molecule has 2 aromatic rings. The normalized spacial score (nSPS) is 10.2. The Balaban J connectivity index is 2.11. The van der Waals surface area contributed by atoms with Gasteiger partial charge in [-0.1, -0.05) is 12.1 Å². The third-order valence-corrected chi connectivity index (χ3v) is 3.82. The third kappa shape index (κ3) is 3.08. The zero-order valence-corrected chi connectivity index (χ0v) is 11.3. The molecule has 0 atom stereocenters. The topological polar surface area (TPSA) is 52.3 Å². The van der Waals surface area contributed by atoms with Gasteiger partial charge >= 0.3 is 0 Å². The minimum Gasteiger partial charge on any atom is -0.487 e. The fourth-order valence-corrected chi connectivity index (χ4v) is 2.74. The molecule has 0 spiro atoms. The Morgan fingerprint density at radius 3 is 2.82 bits per heavy atom. The summed E-state index contributed by atoms with van der Waals surface area (Å²) in [4.78, 5) is 12.3. The minimum atomic E-state index is -0.479. The van der Waals surface area contributed by atoms with Crippen LogP contribution in [0.4, 0.5) is 0 Å². The Morgan fingerprint density at radius 1 is 1.41 bits per heavy atom. The lowest BCUT2D eigenvalue weighted by atomic mass is 10.2. The van der Waals surface area contributed by atoms with Gasteiger partial charge in [0.1, 0.15) is 12.4 Å². The van der Waals surface area contributed by atoms with E-state index in [9.17, 15) is 4.79 Å². The number of halogens is 1. The summed E-state index contributed by atoms with van der Waals surface area (Å²) in [6.07, 6.45) is 0. The van der Waals surface area contributed by atoms with Crippen molar-refractivity contribution >= 4 is 33.2 Å². The van der Waals surface area contributed by atoms with Crippen molar-refractivity contribution in [2.75, 3.05) is 0 Å². The molecule has 0 unspecified atom stereocenters. The predicted octanol–water partition coefficient (Wildman–Crippen LogP) is 3.19. The van der Waals surface area contributed by atoms with Crippen LogP contribution in [0.5, 0.6) is 5.75 Å². The zero-order chi connectivity index (χ0) is 12.3. The molecule has 0 aliphatic rings. The maximum atomic E-state index is 11.2. The van der Waals surface area contributed by atoms with Gasteiger partial charge in [-0.3, -0.25) is 4.79 Å². The largest absolute Gasteiger partial charge is 0.487 e. The van der Waals surface area contributed by atoms with Crippen molar-refractivity contribution in [3.8, 4) is 5.75 Å². The van der Waals surface area contributed by atoms with Gasteiger partial charge in [0.25, 0.3) is 5.91 Å². The highest BCUT2D eigenvalue weighted by Gasteiger charge is 2.08. The molecule has 0 aliphatic carbocycles. The van der Waals surface area contributed by atoms with Gasteiger partial charge in [-0.25, -0.2) is 0 Å². The number of amides is 1. The smallest absolute Gasteiger partial charge is 0.252 e. The van der Waals surface area contributed by atoms with Crippen LogP contribution in [-0.2, 0) is 6.61 Å². The number of hydrogen-bond acceptors (Lipinski definition) is 3. The lowest BCUT2D eigenvalue weighted by Gasteiger charge is -2.07. The number of nitrogens with two attached hydrogens (primary N) is 1. The number of carbonyl (C=O) groups is 1. The number of hydrogen-bond donors (Lipinski definition) is 1. The first-order valence-electron chi connectivity index (χ1n) is 4.91. The summed E-state index contributed by atoms with van der Waals surface area (Å²) < 4.78 is 6.62. The number of para-hydroxylation sites is 1. The molecule has 88 valence electrons. The van der Waals surface area contributed by atoms with Gasteiger partial charge in [-0.05, 0) is 34.1 Å². The van der Waals surface area contributed by atoms with Crippen molar-refractivity contribution in [2.24, 2.45) is 5.73 Å². The average Bonchev–Trinajstić information content (AvgIpc) is 2.73. The van der Waals surface area contributed by atoms with Crippen molar-refractivity contribution < 1.29 is 9.53 Å². The first kappa shape index (κ1) is 12.1. The maximum absolute atomic E-state index is 11.2. The van der Waals surface area contributed by atoms with Gasteiger partial charge in [0.05, 0.1) is 5.56 Å². The first-order chi connectivity index (χ1) is 8.16. The van der Waals surface area contributed by atoms with E-state index in [1.165, 1.54) is 0 Å². The van der Waals surface area contributed by atoms with E-state index < -0.39 is 5.91 Å². The molecular formula is C12H10BrNO2S. The van der Waals surface area contributed by atoms with Crippen LogP contribution in [-0.4, -0.2) is 5.91 Å². The Hall–Kier alpha value is -1.33. The number of carbonyl (C=O) groups excluding carboxylic acids is 1. The maximum Gasteiger partial charge on any atom is 0.252 e. The van der Waals surface area contributed by atoms with Crippen LogP contribution in [0.3, 0.4) is 0 Å². The van der Waals surface area contributed by atoms with E-state index in [0.717, 1.165) is 9.35 Å². The standard InChI is InChI=1S/C12H10BrNO2S/c13-8-5-9(17-7-8)6-16-11-4-2-1-3-10(11)12(14)15/h1-5,7H,6H2,(H2,14,15). The van der Waals surface area contributed by atoms with Crippen molar-refractivity contribution in [3.63, 3.8) is 0 Å². The highest BCUT2D eigenvalue weighted by molar-refractivity contribution is 9.10. The Labute approximate surface area is 111 Å². The van der Waals surface area contributed by atoms with Crippen LogP contribution in [0.1, 0.15) is 15.2 Å². The van der Waals surface area contributed by atoms with Crippen LogP contribution in [0.25, 0.3) is 0 Å². The summed E-state index contributed by atoms with van der Waals surface area (Å²) in [5, 5.41) is 1.98. The lowest BCUT2D eigenvalue weighted by molar-refractivity contribution is 0.0996. The van der Waals surface area contributed by atoms with Crippen molar-refractivity contribution in [3.05, 3.63) is 50.6 Å². The van der Waals surface area contributed by atoms with Crippen molar-refractivity contribution in [1.29, 1.82) is 0 Å². The quantitative estimate of drug-likeness (QED) is 0.942. The summed E-state index contributed by atoms with van der Waals surface area (Å²) in [6, 6.07) is 8.95. The summed E-state index contributed by atoms with van der Waals surface area (Å²) in [6.45, 7) is 0.431. The van der Waals surface area contributed by atoms with Crippen LogP contribution < -0.4 is 10.5 Å². The molecular weight excluding hydrogens is 302 g/mol. The Kier molecular flexibility index (Phi) is 3.81. The van der Waals surface area contributed by atoms with E-state index in [1.807, 2.05) is 17.5 Å². The first-order valence-corrected chi connectivity index (χ1v) is 6.58. The molecule has 0 aliphatic heterocycles. The lowest BCUT2D eigenvalue weighted by Crippen LogP contribution is -2.12. The number of benzene rings is 1. The summed E-state index contributed by atoms with van der Waals surface area (Å²) in [5.74, 6) is 0.0393. The molecule has 5 heteroatoms.